The summed E-state index contributed by atoms with van der Waals surface area (Å²) in [5.41, 5.74) is 1.12. The standard InChI is InChI=1S/C19H34N6O2/c1-5-20-19(21-10-15(2)25-7-8-26-14-16(25)3)24-6-9-27-18(13-24)17-11-22-23(4)12-17/h11-12,15-16,18H,5-10,13-14H2,1-4H3,(H,20,21). The van der Waals surface area contributed by atoms with Gasteiger partial charge in [-0.2, -0.15) is 5.10 Å². The molecule has 3 rings (SSSR count). The highest BCUT2D eigenvalue weighted by Crippen LogP contribution is 2.21. The highest BCUT2D eigenvalue weighted by atomic mass is 16.5. The second-order valence-corrected chi connectivity index (χ2v) is 7.46. The van der Waals surface area contributed by atoms with Gasteiger partial charge in [0, 0.05) is 50.5 Å². The average molecular weight is 379 g/mol. The number of hydrogen-bond acceptors (Lipinski definition) is 5. The minimum Gasteiger partial charge on any atom is -0.379 e. The molecule has 8 heteroatoms. The van der Waals surface area contributed by atoms with E-state index >= 15 is 0 Å². The zero-order valence-electron chi connectivity index (χ0n) is 17.1. The molecule has 1 N–H and O–H groups in total. The number of aliphatic imine (C=N–C) groups is 1. The smallest absolute Gasteiger partial charge is 0.194 e. The fourth-order valence-corrected chi connectivity index (χ4v) is 3.79. The number of nitrogens with zero attached hydrogens (tertiary/aromatic N) is 5. The van der Waals surface area contributed by atoms with Crippen LogP contribution < -0.4 is 5.32 Å². The quantitative estimate of drug-likeness (QED) is 0.606. The summed E-state index contributed by atoms with van der Waals surface area (Å²) in [6, 6.07) is 0.845. The van der Waals surface area contributed by atoms with Crippen LogP contribution in [0.2, 0.25) is 0 Å². The van der Waals surface area contributed by atoms with Crippen LogP contribution in [0.15, 0.2) is 17.4 Å². The maximum atomic E-state index is 5.97. The fourth-order valence-electron chi connectivity index (χ4n) is 3.79. The van der Waals surface area contributed by atoms with E-state index in [1.165, 1.54) is 0 Å². The van der Waals surface area contributed by atoms with E-state index in [4.69, 9.17) is 14.5 Å². The first-order chi connectivity index (χ1) is 13.1. The van der Waals surface area contributed by atoms with Gasteiger partial charge in [0.2, 0.25) is 0 Å². The monoisotopic (exact) mass is 378 g/mol. The predicted octanol–water partition coefficient (Wildman–Crippen LogP) is 0.868. The van der Waals surface area contributed by atoms with Crippen LogP contribution in [-0.2, 0) is 16.5 Å². The first-order valence-corrected chi connectivity index (χ1v) is 10.0. The molecule has 2 aliphatic heterocycles. The third kappa shape index (κ3) is 5.21. The molecule has 1 aromatic heterocycles. The van der Waals surface area contributed by atoms with E-state index < -0.39 is 0 Å². The molecule has 0 bridgehead atoms. The summed E-state index contributed by atoms with van der Waals surface area (Å²) in [5.74, 6) is 0.974. The fraction of sp³-hybridized carbons (Fsp3) is 0.789. The Hall–Kier alpha value is -1.64. The van der Waals surface area contributed by atoms with Crippen molar-refractivity contribution in [1.29, 1.82) is 0 Å². The van der Waals surface area contributed by atoms with Crippen molar-refractivity contribution in [2.45, 2.75) is 39.0 Å². The highest BCUT2D eigenvalue weighted by Gasteiger charge is 2.26. The van der Waals surface area contributed by atoms with Gasteiger partial charge in [0.25, 0.3) is 0 Å². The third-order valence-electron chi connectivity index (χ3n) is 5.29. The zero-order chi connectivity index (χ0) is 19.2. The van der Waals surface area contributed by atoms with E-state index in [9.17, 15) is 0 Å². The van der Waals surface area contributed by atoms with Gasteiger partial charge in [-0.3, -0.25) is 14.6 Å². The Labute approximate surface area is 162 Å². The lowest BCUT2D eigenvalue weighted by atomic mass is 10.1. The van der Waals surface area contributed by atoms with Crippen LogP contribution in [0.4, 0.5) is 0 Å². The van der Waals surface area contributed by atoms with Gasteiger partial charge in [-0.05, 0) is 20.8 Å². The van der Waals surface area contributed by atoms with Gasteiger partial charge >= 0.3 is 0 Å². The number of morpholine rings is 2. The summed E-state index contributed by atoms with van der Waals surface area (Å²) in [7, 11) is 1.93. The Morgan fingerprint density at radius 1 is 1.41 bits per heavy atom. The van der Waals surface area contributed by atoms with Crippen molar-refractivity contribution in [1.82, 2.24) is 24.9 Å². The van der Waals surface area contributed by atoms with Crippen molar-refractivity contribution in [3.8, 4) is 0 Å². The minimum atomic E-state index is 0.0352. The van der Waals surface area contributed by atoms with Gasteiger partial charge in [0.15, 0.2) is 5.96 Å². The lowest BCUT2D eigenvalue weighted by molar-refractivity contribution is -0.0170. The first kappa shape index (κ1) is 20.1. The van der Waals surface area contributed by atoms with E-state index in [0.717, 1.165) is 57.5 Å². The largest absolute Gasteiger partial charge is 0.379 e. The van der Waals surface area contributed by atoms with Crippen molar-refractivity contribution in [3.63, 3.8) is 0 Å². The second-order valence-electron chi connectivity index (χ2n) is 7.46. The minimum absolute atomic E-state index is 0.0352. The van der Waals surface area contributed by atoms with Crippen LogP contribution in [0.25, 0.3) is 0 Å². The topological polar surface area (TPSA) is 67.2 Å². The molecule has 3 heterocycles. The van der Waals surface area contributed by atoms with Crippen LogP contribution in [0.1, 0.15) is 32.4 Å². The summed E-state index contributed by atoms with van der Waals surface area (Å²) in [6.45, 7) is 13.2. The number of hydrogen-bond donors (Lipinski definition) is 1. The lowest BCUT2D eigenvalue weighted by Crippen LogP contribution is -2.51. The van der Waals surface area contributed by atoms with E-state index in [1.54, 1.807) is 0 Å². The Balaban J connectivity index is 1.63. The number of ether oxygens (including phenoxy) is 2. The predicted molar refractivity (Wildman–Crippen MR) is 106 cm³/mol. The normalized spacial score (nSPS) is 26.2. The van der Waals surface area contributed by atoms with Crippen LogP contribution in [-0.4, -0.2) is 90.2 Å². The van der Waals surface area contributed by atoms with Gasteiger partial charge < -0.3 is 19.7 Å². The molecule has 0 spiro atoms. The second kappa shape index (κ2) is 9.52. The van der Waals surface area contributed by atoms with Crippen LogP contribution in [0.3, 0.4) is 0 Å². The molecule has 2 aliphatic rings. The Bertz CT molecular complexity index is 619. The third-order valence-corrected chi connectivity index (χ3v) is 5.29. The average Bonchev–Trinajstić information content (AvgIpc) is 3.12. The van der Waals surface area contributed by atoms with Gasteiger partial charge in [-0.25, -0.2) is 0 Å². The van der Waals surface area contributed by atoms with Gasteiger partial charge in [-0.1, -0.05) is 0 Å². The van der Waals surface area contributed by atoms with Crippen molar-refractivity contribution >= 4 is 5.96 Å². The van der Waals surface area contributed by atoms with Crippen LogP contribution in [0, 0.1) is 0 Å². The molecule has 0 aliphatic carbocycles. The van der Waals surface area contributed by atoms with E-state index in [2.05, 4.69) is 41.0 Å². The Kier molecular flexibility index (Phi) is 7.09. The lowest BCUT2D eigenvalue weighted by Gasteiger charge is -2.38. The molecule has 3 unspecified atom stereocenters. The molecule has 0 radical (unpaired) electrons. The first-order valence-electron chi connectivity index (χ1n) is 10.0. The Morgan fingerprint density at radius 3 is 2.96 bits per heavy atom. The van der Waals surface area contributed by atoms with Crippen molar-refractivity contribution in [2.24, 2.45) is 12.0 Å². The Morgan fingerprint density at radius 2 is 2.26 bits per heavy atom. The van der Waals surface area contributed by atoms with Gasteiger partial charge in [-0.15, -0.1) is 0 Å². The molecule has 0 aromatic carbocycles. The molecular formula is C19H34N6O2. The summed E-state index contributed by atoms with van der Waals surface area (Å²) < 4.78 is 13.4. The molecule has 27 heavy (non-hydrogen) atoms. The number of rotatable bonds is 5. The van der Waals surface area contributed by atoms with Crippen molar-refractivity contribution < 1.29 is 9.47 Å². The summed E-state index contributed by atoms with van der Waals surface area (Å²) in [4.78, 5) is 9.75. The summed E-state index contributed by atoms with van der Waals surface area (Å²) in [5, 5.41) is 7.73. The molecule has 8 nitrogen and oxygen atoms in total. The van der Waals surface area contributed by atoms with Gasteiger partial charge in [0.05, 0.1) is 39.1 Å². The molecule has 152 valence electrons. The summed E-state index contributed by atoms with van der Waals surface area (Å²) in [6.07, 6.45) is 3.95. The highest BCUT2D eigenvalue weighted by molar-refractivity contribution is 5.80. The molecule has 1 aromatic rings. The SMILES string of the molecule is CCNC(=NCC(C)N1CCOCC1C)N1CCOC(c2cnn(C)c2)C1. The zero-order valence-corrected chi connectivity index (χ0v) is 17.1. The van der Waals surface area contributed by atoms with Crippen molar-refractivity contribution in [2.75, 3.05) is 52.5 Å². The number of nitrogens with one attached hydrogen (secondary N) is 1. The molecule has 0 saturated carbocycles. The molecule has 3 atom stereocenters. The maximum absolute atomic E-state index is 5.97. The van der Waals surface area contributed by atoms with Gasteiger partial charge in [0.1, 0.15) is 6.10 Å². The number of guanidine groups is 1. The van der Waals surface area contributed by atoms with E-state index in [1.807, 2.05) is 24.1 Å². The van der Waals surface area contributed by atoms with Crippen LogP contribution in [0.5, 0.6) is 0 Å². The van der Waals surface area contributed by atoms with Crippen molar-refractivity contribution in [3.05, 3.63) is 18.0 Å². The van der Waals surface area contributed by atoms with E-state index in [-0.39, 0.29) is 6.10 Å². The summed E-state index contributed by atoms with van der Waals surface area (Å²) >= 11 is 0. The molecule has 2 saturated heterocycles. The number of aryl methyl sites for hydroxylation is 1. The van der Waals surface area contributed by atoms with Crippen LogP contribution >= 0.6 is 0 Å². The van der Waals surface area contributed by atoms with E-state index in [0.29, 0.717) is 18.7 Å². The molecule has 2 fully saturated rings. The number of aromatic nitrogens is 2. The molecule has 0 amide bonds. The maximum Gasteiger partial charge on any atom is 0.194 e. The molecular weight excluding hydrogens is 344 g/mol.